The van der Waals surface area contributed by atoms with E-state index in [1.165, 1.54) is 29.0 Å². The molecule has 23 heavy (non-hydrogen) atoms. The van der Waals surface area contributed by atoms with Crippen LogP contribution in [0.15, 0.2) is 53.4 Å². The van der Waals surface area contributed by atoms with Gasteiger partial charge in [0.15, 0.2) is 0 Å². The summed E-state index contributed by atoms with van der Waals surface area (Å²) in [6.07, 6.45) is 2.44. The van der Waals surface area contributed by atoms with E-state index in [-0.39, 0.29) is 0 Å². The number of rotatable bonds is 5. The van der Waals surface area contributed by atoms with E-state index in [1.54, 1.807) is 7.11 Å². The van der Waals surface area contributed by atoms with Gasteiger partial charge in [-0.2, -0.15) is 0 Å². The number of unbranched alkanes of at least 4 members (excludes halogenated alkanes) is 1. The molecule has 0 amide bonds. The quantitative estimate of drug-likeness (QED) is 0.654. The van der Waals surface area contributed by atoms with Crippen LogP contribution in [0.25, 0.3) is 0 Å². The standard InChI is InChI=1S/C18H21NOS.C2H6/c1-3-4-13-19-16-7-5-6-8-17(16)21-18(19)14-9-11-15(20-2)12-10-14;1-2/h5-12,18H,3-4,13H2,1-2H3;1-2H3. The largest absolute Gasteiger partial charge is 0.497 e. The number of benzene rings is 2. The molecule has 3 rings (SSSR count). The maximum Gasteiger partial charge on any atom is 0.118 e. The first-order valence-electron chi connectivity index (χ1n) is 8.49. The third-order valence-electron chi connectivity index (χ3n) is 3.85. The molecule has 0 aliphatic carbocycles. The number of hydrogen-bond donors (Lipinski definition) is 0. The van der Waals surface area contributed by atoms with Crippen molar-refractivity contribution in [2.75, 3.05) is 18.6 Å². The molecule has 0 fully saturated rings. The lowest BCUT2D eigenvalue weighted by molar-refractivity contribution is 0.414. The van der Waals surface area contributed by atoms with Gasteiger partial charge in [0, 0.05) is 11.4 Å². The van der Waals surface area contributed by atoms with Crippen molar-refractivity contribution in [2.24, 2.45) is 0 Å². The maximum absolute atomic E-state index is 5.26. The van der Waals surface area contributed by atoms with E-state index in [4.69, 9.17) is 4.74 Å². The van der Waals surface area contributed by atoms with Crippen LogP contribution in [-0.4, -0.2) is 13.7 Å². The lowest BCUT2D eigenvalue weighted by Crippen LogP contribution is -2.24. The summed E-state index contributed by atoms with van der Waals surface area (Å²) in [5.41, 5.74) is 2.71. The first kappa shape index (κ1) is 17.7. The third kappa shape index (κ3) is 4.03. The van der Waals surface area contributed by atoms with E-state index >= 15 is 0 Å². The zero-order valence-electron chi connectivity index (χ0n) is 14.6. The topological polar surface area (TPSA) is 12.5 Å². The summed E-state index contributed by atoms with van der Waals surface area (Å²) in [6.45, 7) is 7.36. The van der Waals surface area contributed by atoms with Gasteiger partial charge in [-0.05, 0) is 36.2 Å². The summed E-state index contributed by atoms with van der Waals surface area (Å²) >= 11 is 1.95. The van der Waals surface area contributed by atoms with Crippen molar-refractivity contribution in [3.63, 3.8) is 0 Å². The second-order valence-electron chi connectivity index (χ2n) is 5.26. The molecule has 1 unspecified atom stereocenters. The van der Waals surface area contributed by atoms with Gasteiger partial charge >= 0.3 is 0 Å². The van der Waals surface area contributed by atoms with Gasteiger partial charge < -0.3 is 9.64 Å². The Bertz CT molecular complexity index is 597. The highest BCUT2D eigenvalue weighted by atomic mass is 32.2. The number of ether oxygens (including phenoxy) is 1. The second-order valence-corrected chi connectivity index (χ2v) is 6.38. The first-order valence-corrected chi connectivity index (χ1v) is 9.37. The summed E-state index contributed by atoms with van der Waals surface area (Å²) in [7, 11) is 1.71. The lowest BCUT2D eigenvalue weighted by atomic mass is 10.1. The average Bonchev–Trinajstić information content (AvgIpc) is 3.00. The summed E-state index contributed by atoms with van der Waals surface area (Å²) in [4.78, 5) is 3.92. The summed E-state index contributed by atoms with van der Waals surface area (Å²) in [5, 5.41) is 0.375. The van der Waals surface area contributed by atoms with Crippen LogP contribution in [0.3, 0.4) is 0 Å². The number of methoxy groups -OCH3 is 1. The second kappa shape index (κ2) is 8.88. The fourth-order valence-electron chi connectivity index (χ4n) is 2.69. The smallest absolute Gasteiger partial charge is 0.118 e. The molecule has 0 aromatic heterocycles. The molecule has 2 aromatic rings. The number of fused-ring (bicyclic) bond motifs is 1. The molecule has 1 atom stereocenters. The van der Waals surface area contributed by atoms with E-state index in [9.17, 15) is 0 Å². The van der Waals surface area contributed by atoms with Gasteiger partial charge in [0.1, 0.15) is 11.1 Å². The molecule has 124 valence electrons. The molecule has 0 radical (unpaired) electrons. The van der Waals surface area contributed by atoms with Gasteiger partial charge in [0.2, 0.25) is 0 Å². The third-order valence-corrected chi connectivity index (χ3v) is 5.20. The SMILES string of the molecule is CC.CCCCN1c2ccccc2SC1c1ccc(OC)cc1. The normalized spacial score (nSPS) is 15.7. The predicted octanol–water partition coefficient (Wildman–Crippen LogP) is 6.13. The Morgan fingerprint density at radius 1 is 1.04 bits per heavy atom. The van der Waals surface area contributed by atoms with E-state index < -0.39 is 0 Å². The Balaban J connectivity index is 0.000000924. The number of anilines is 1. The van der Waals surface area contributed by atoms with Crippen LogP contribution in [0, 0.1) is 0 Å². The highest BCUT2D eigenvalue weighted by Crippen LogP contribution is 2.51. The molecule has 1 aliphatic rings. The van der Waals surface area contributed by atoms with Crippen molar-refractivity contribution in [3.05, 3.63) is 54.1 Å². The van der Waals surface area contributed by atoms with E-state index in [0.29, 0.717) is 5.37 Å². The first-order chi connectivity index (χ1) is 11.3. The highest BCUT2D eigenvalue weighted by Gasteiger charge is 2.30. The fraction of sp³-hybridized carbons (Fsp3) is 0.400. The minimum Gasteiger partial charge on any atom is -0.497 e. The molecule has 1 aliphatic heterocycles. The van der Waals surface area contributed by atoms with Gasteiger partial charge in [0.05, 0.1) is 12.8 Å². The molecule has 0 saturated carbocycles. The van der Waals surface area contributed by atoms with Gasteiger partial charge in [-0.3, -0.25) is 0 Å². The zero-order chi connectivity index (χ0) is 16.7. The summed E-state index contributed by atoms with van der Waals surface area (Å²) in [6, 6.07) is 17.2. The predicted molar refractivity (Wildman–Crippen MR) is 102 cm³/mol. The van der Waals surface area contributed by atoms with E-state index in [2.05, 4.69) is 60.4 Å². The van der Waals surface area contributed by atoms with Crippen molar-refractivity contribution < 1.29 is 4.74 Å². The number of nitrogens with zero attached hydrogens (tertiary/aromatic N) is 1. The minimum absolute atomic E-state index is 0.375. The van der Waals surface area contributed by atoms with Crippen LogP contribution in [0.5, 0.6) is 5.75 Å². The Morgan fingerprint density at radius 2 is 1.74 bits per heavy atom. The zero-order valence-corrected chi connectivity index (χ0v) is 15.4. The van der Waals surface area contributed by atoms with Crippen molar-refractivity contribution in [1.29, 1.82) is 0 Å². The molecular weight excluding hydrogens is 302 g/mol. The van der Waals surface area contributed by atoms with Gasteiger partial charge in [-0.15, -0.1) is 0 Å². The Hall–Kier alpha value is -1.61. The van der Waals surface area contributed by atoms with E-state index in [1.807, 2.05) is 25.6 Å². The molecule has 1 heterocycles. The fourth-order valence-corrected chi connectivity index (χ4v) is 4.03. The highest BCUT2D eigenvalue weighted by molar-refractivity contribution is 8.00. The van der Waals surface area contributed by atoms with Crippen LogP contribution in [0.4, 0.5) is 5.69 Å². The van der Waals surface area contributed by atoms with Crippen LogP contribution in [0.1, 0.15) is 44.6 Å². The minimum atomic E-state index is 0.375. The Labute approximate surface area is 144 Å². The van der Waals surface area contributed by atoms with Gasteiger partial charge in [-0.1, -0.05) is 63.2 Å². The molecule has 0 bridgehead atoms. The van der Waals surface area contributed by atoms with Crippen molar-refractivity contribution in [3.8, 4) is 5.75 Å². The maximum atomic E-state index is 5.26. The summed E-state index contributed by atoms with van der Waals surface area (Å²) < 4.78 is 5.26. The molecular formula is C20H27NOS. The Kier molecular flexibility index (Phi) is 6.85. The molecule has 0 saturated heterocycles. The van der Waals surface area contributed by atoms with E-state index in [0.717, 1.165) is 12.3 Å². The van der Waals surface area contributed by atoms with Gasteiger partial charge in [0.25, 0.3) is 0 Å². The van der Waals surface area contributed by atoms with Gasteiger partial charge in [-0.25, -0.2) is 0 Å². The molecule has 3 heteroatoms. The Morgan fingerprint density at radius 3 is 2.39 bits per heavy atom. The van der Waals surface area contributed by atoms with Crippen LogP contribution < -0.4 is 9.64 Å². The molecule has 0 spiro atoms. The number of thioether (sulfide) groups is 1. The lowest BCUT2D eigenvalue weighted by Gasteiger charge is -2.27. The van der Waals surface area contributed by atoms with Crippen molar-refractivity contribution in [1.82, 2.24) is 0 Å². The number of para-hydroxylation sites is 1. The van der Waals surface area contributed by atoms with Crippen molar-refractivity contribution >= 4 is 17.4 Å². The van der Waals surface area contributed by atoms with Crippen LogP contribution in [-0.2, 0) is 0 Å². The van der Waals surface area contributed by atoms with Crippen molar-refractivity contribution in [2.45, 2.75) is 43.9 Å². The number of hydrogen-bond acceptors (Lipinski definition) is 3. The summed E-state index contributed by atoms with van der Waals surface area (Å²) in [5.74, 6) is 0.916. The van der Waals surface area contributed by atoms with Crippen LogP contribution >= 0.6 is 11.8 Å². The molecule has 2 aromatic carbocycles. The monoisotopic (exact) mass is 329 g/mol. The molecule has 2 nitrogen and oxygen atoms in total. The molecule has 0 N–H and O–H groups in total. The van der Waals surface area contributed by atoms with Crippen LogP contribution in [0.2, 0.25) is 0 Å². The average molecular weight is 330 g/mol.